The molecule has 0 aromatic carbocycles. The Hall–Kier alpha value is -2.82. The Bertz CT molecular complexity index is 885. The Kier molecular flexibility index (Phi) is 3.33. The van der Waals surface area contributed by atoms with Crippen LogP contribution in [-0.4, -0.2) is 27.0 Å². The van der Waals surface area contributed by atoms with E-state index in [9.17, 15) is 14.4 Å². The highest BCUT2D eigenvalue weighted by molar-refractivity contribution is 6.27. The third-order valence-corrected chi connectivity index (χ3v) is 3.76. The summed E-state index contributed by atoms with van der Waals surface area (Å²) in [5, 5.41) is 4.17. The summed E-state index contributed by atoms with van der Waals surface area (Å²) in [6.45, 7) is 3.17. The van der Waals surface area contributed by atoms with Crippen LogP contribution in [-0.2, 0) is 4.79 Å². The van der Waals surface area contributed by atoms with E-state index in [1.807, 2.05) is 0 Å². The lowest BCUT2D eigenvalue weighted by Gasteiger charge is -2.07. The lowest BCUT2D eigenvalue weighted by Crippen LogP contribution is -2.17. The molecule has 1 aliphatic rings. The van der Waals surface area contributed by atoms with Gasteiger partial charge in [0.2, 0.25) is 5.78 Å². The van der Waals surface area contributed by atoms with Crippen molar-refractivity contribution in [1.29, 1.82) is 0 Å². The zero-order valence-electron chi connectivity index (χ0n) is 12.3. The predicted molar refractivity (Wildman–Crippen MR) is 81.1 cm³/mol. The van der Waals surface area contributed by atoms with Crippen LogP contribution >= 0.6 is 0 Å². The van der Waals surface area contributed by atoms with E-state index in [0.717, 1.165) is 0 Å². The fourth-order valence-electron chi connectivity index (χ4n) is 2.79. The molecule has 1 aliphatic carbocycles. The lowest BCUT2D eigenvalue weighted by atomic mass is 9.95. The number of rotatable bonds is 3. The average molecular weight is 294 g/mol. The van der Waals surface area contributed by atoms with E-state index < -0.39 is 5.78 Å². The van der Waals surface area contributed by atoms with E-state index in [-0.39, 0.29) is 29.3 Å². The van der Waals surface area contributed by atoms with Gasteiger partial charge in [-0.15, -0.1) is 0 Å². The molecule has 5 nitrogen and oxygen atoms in total. The van der Waals surface area contributed by atoms with Gasteiger partial charge in [0.15, 0.2) is 11.6 Å². The van der Waals surface area contributed by atoms with Crippen molar-refractivity contribution < 1.29 is 14.4 Å². The fraction of sp³-hybridized carbons (Fsp3) is 0.176. The lowest BCUT2D eigenvalue weighted by molar-refractivity contribution is -0.114. The second-order valence-electron chi connectivity index (χ2n) is 5.19. The molecule has 0 spiro atoms. The summed E-state index contributed by atoms with van der Waals surface area (Å²) < 4.78 is 1.45. The monoisotopic (exact) mass is 294 g/mol. The molecule has 5 heteroatoms. The van der Waals surface area contributed by atoms with E-state index >= 15 is 0 Å². The summed E-state index contributed by atoms with van der Waals surface area (Å²) in [4.78, 5) is 36.7. The van der Waals surface area contributed by atoms with Gasteiger partial charge in [-0.2, -0.15) is 5.10 Å². The molecule has 0 aliphatic heterocycles. The molecule has 2 aromatic heterocycles. The van der Waals surface area contributed by atoms with Gasteiger partial charge in [-0.3, -0.25) is 14.4 Å². The van der Waals surface area contributed by atoms with Crippen LogP contribution in [0.3, 0.4) is 0 Å². The predicted octanol–water partition coefficient (Wildman–Crippen LogP) is 2.48. The van der Waals surface area contributed by atoms with Gasteiger partial charge < -0.3 is 0 Å². The van der Waals surface area contributed by atoms with Crippen molar-refractivity contribution in [1.82, 2.24) is 9.61 Å². The summed E-state index contributed by atoms with van der Waals surface area (Å²) in [6, 6.07) is 3.45. The molecule has 0 atom stereocenters. The maximum atomic E-state index is 12.8. The number of hydrogen-bond acceptors (Lipinski definition) is 4. The second kappa shape index (κ2) is 5.18. The van der Waals surface area contributed by atoms with Gasteiger partial charge in [-0.05, 0) is 37.6 Å². The zero-order valence-corrected chi connectivity index (χ0v) is 12.3. The summed E-state index contributed by atoms with van der Waals surface area (Å²) >= 11 is 0. The van der Waals surface area contributed by atoms with E-state index in [2.05, 4.69) is 5.10 Å². The van der Waals surface area contributed by atoms with Gasteiger partial charge in [-0.25, -0.2) is 4.52 Å². The van der Waals surface area contributed by atoms with Crippen LogP contribution in [0.15, 0.2) is 42.1 Å². The topological polar surface area (TPSA) is 68.5 Å². The summed E-state index contributed by atoms with van der Waals surface area (Å²) in [5.41, 5.74) is 2.01. The number of allylic oxidation sites excluding steroid dienone is 4. The van der Waals surface area contributed by atoms with Crippen molar-refractivity contribution in [3.05, 3.63) is 59.0 Å². The van der Waals surface area contributed by atoms with Crippen LogP contribution in [0, 0.1) is 6.92 Å². The van der Waals surface area contributed by atoms with Crippen LogP contribution < -0.4 is 0 Å². The molecule has 2 heterocycles. The summed E-state index contributed by atoms with van der Waals surface area (Å²) in [5.74, 6) is -0.749. The number of fused-ring (bicyclic) bond motifs is 1. The highest BCUT2D eigenvalue weighted by Gasteiger charge is 2.28. The number of carbonyl (C=O) groups excluding carboxylic acids is 3. The maximum Gasteiger partial charge on any atom is 0.215 e. The van der Waals surface area contributed by atoms with Crippen LogP contribution in [0.4, 0.5) is 0 Å². The minimum absolute atomic E-state index is 0.130. The first-order valence-corrected chi connectivity index (χ1v) is 6.94. The largest absolute Gasteiger partial charge is 0.294 e. The van der Waals surface area contributed by atoms with Crippen LogP contribution in [0.25, 0.3) is 5.52 Å². The van der Waals surface area contributed by atoms with Crippen LogP contribution in [0.1, 0.15) is 39.8 Å². The van der Waals surface area contributed by atoms with Gasteiger partial charge >= 0.3 is 0 Å². The van der Waals surface area contributed by atoms with E-state index in [0.29, 0.717) is 16.6 Å². The van der Waals surface area contributed by atoms with Crippen molar-refractivity contribution in [3.8, 4) is 0 Å². The van der Waals surface area contributed by atoms with Crippen molar-refractivity contribution in [2.45, 2.75) is 20.3 Å². The summed E-state index contributed by atoms with van der Waals surface area (Å²) in [6.07, 6.45) is 6.68. The zero-order chi connectivity index (χ0) is 15.9. The van der Waals surface area contributed by atoms with Crippen molar-refractivity contribution in [2.24, 2.45) is 0 Å². The molecule has 0 saturated heterocycles. The summed E-state index contributed by atoms with van der Waals surface area (Å²) in [7, 11) is 0. The van der Waals surface area contributed by atoms with E-state index in [1.54, 1.807) is 37.4 Å². The average Bonchev–Trinajstić information content (AvgIpc) is 2.79. The van der Waals surface area contributed by atoms with Crippen LogP contribution in [0.2, 0.25) is 0 Å². The number of aromatic nitrogens is 2. The molecule has 0 unspecified atom stereocenters. The third kappa shape index (κ3) is 2.02. The van der Waals surface area contributed by atoms with Crippen LogP contribution in [0.5, 0.6) is 0 Å². The smallest absolute Gasteiger partial charge is 0.215 e. The Morgan fingerprint density at radius 2 is 2.09 bits per heavy atom. The molecule has 22 heavy (non-hydrogen) atoms. The molecule has 0 amide bonds. The van der Waals surface area contributed by atoms with E-state index in [4.69, 9.17) is 0 Å². The van der Waals surface area contributed by atoms with Gasteiger partial charge in [0.05, 0.1) is 11.1 Å². The molecule has 110 valence electrons. The molecule has 0 bridgehead atoms. The highest BCUT2D eigenvalue weighted by Crippen LogP contribution is 2.26. The van der Waals surface area contributed by atoms with Crippen molar-refractivity contribution in [3.63, 3.8) is 0 Å². The molecule has 3 rings (SSSR count). The molecule has 2 aromatic rings. The number of Topliss-reactive ketones (excluding diaryl/α,β-unsaturated/α-hetero) is 3. The number of ketones is 3. The Labute approximate surface area is 126 Å². The first-order chi connectivity index (χ1) is 10.5. The Balaban J connectivity index is 2.28. The molecular weight excluding hydrogens is 280 g/mol. The number of hydrogen-bond donors (Lipinski definition) is 0. The van der Waals surface area contributed by atoms with Gasteiger partial charge in [0, 0.05) is 18.2 Å². The molecule has 0 N–H and O–H groups in total. The minimum Gasteiger partial charge on any atom is -0.294 e. The standard InChI is InChI=1S/C17H14N2O3/c1-10-15(11(2)20)13-7-5-9-18-19(13)16(10)17(22)12-6-3-4-8-14(12)21/h3-7,9H,8H2,1-2H3. The molecule has 0 radical (unpaired) electrons. The molecular formula is C17H14N2O3. The van der Waals surface area contributed by atoms with Crippen molar-refractivity contribution in [2.75, 3.05) is 0 Å². The molecule has 0 fully saturated rings. The Morgan fingerprint density at radius 1 is 1.32 bits per heavy atom. The van der Waals surface area contributed by atoms with E-state index in [1.165, 1.54) is 17.5 Å². The minimum atomic E-state index is -0.395. The first-order valence-electron chi connectivity index (χ1n) is 6.94. The number of carbonyl (C=O) groups is 3. The molecule has 0 saturated carbocycles. The SMILES string of the molecule is CC(=O)c1c(C)c(C(=O)C2=CC=CCC2=O)n2ncccc12. The van der Waals surface area contributed by atoms with Crippen molar-refractivity contribution >= 4 is 22.9 Å². The number of nitrogens with zero attached hydrogens (tertiary/aromatic N) is 2. The fourth-order valence-corrected chi connectivity index (χ4v) is 2.79. The quantitative estimate of drug-likeness (QED) is 0.644. The maximum absolute atomic E-state index is 12.8. The van der Waals surface area contributed by atoms with Gasteiger partial charge in [-0.1, -0.05) is 12.2 Å². The highest BCUT2D eigenvalue weighted by atomic mass is 16.2. The van der Waals surface area contributed by atoms with Gasteiger partial charge in [0.1, 0.15) is 5.69 Å². The van der Waals surface area contributed by atoms with Gasteiger partial charge in [0.25, 0.3) is 0 Å². The first kappa shape index (κ1) is 14.1. The second-order valence-corrected chi connectivity index (χ2v) is 5.19. The Morgan fingerprint density at radius 3 is 2.77 bits per heavy atom. The third-order valence-electron chi connectivity index (χ3n) is 3.76. The normalized spacial score (nSPS) is 14.3.